The molecule has 0 spiro atoms. The van der Waals surface area contributed by atoms with E-state index in [0.717, 1.165) is 0 Å². The first-order valence-electron chi connectivity index (χ1n) is 8.42. The van der Waals surface area contributed by atoms with Crippen LogP contribution in [-0.4, -0.2) is 22.7 Å². The Balaban J connectivity index is 2.15. The first kappa shape index (κ1) is 17.5. The molecule has 0 bridgehead atoms. The Hall–Kier alpha value is -2.34. The third-order valence-electron chi connectivity index (χ3n) is 4.41. The van der Waals surface area contributed by atoms with Crippen LogP contribution in [0.4, 0.5) is 0 Å². The molecule has 1 amide bonds. The highest BCUT2D eigenvalue weighted by Crippen LogP contribution is 2.43. The number of amides is 1. The second-order valence-corrected chi connectivity index (χ2v) is 7.44. The van der Waals surface area contributed by atoms with Crippen LogP contribution in [-0.2, 0) is 4.79 Å². The fourth-order valence-electron chi connectivity index (χ4n) is 3.18. The first-order chi connectivity index (χ1) is 11.7. The molecule has 2 atom stereocenters. The van der Waals surface area contributed by atoms with Crippen molar-refractivity contribution in [2.45, 2.75) is 51.9 Å². The monoisotopic (exact) mass is 345 g/mol. The zero-order chi connectivity index (χ0) is 18.4. The van der Waals surface area contributed by atoms with E-state index in [-0.39, 0.29) is 11.8 Å². The Morgan fingerprint density at radius 3 is 2.64 bits per heavy atom. The number of rotatable bonds is 3. The molecular formula is C19H23NO5. The van der Waals surface area contributed by atoms with Crippen molar-refractivity contribution in [3.05, 3.63) is 40.2 Å². The molecule has 0 radical (unpaired) electrons. The van der Waals surface area contributed by atoms with Crippen LogP contribution >= 0.6 is 0 Å². The molecule has 0 saturated heterocycles. The molecule has 2 heterocycles. The number of aliphatic hydroxyl groups is 1. The van der Waals surface area contributed by atoms with Crippen LogP contribution in [0.5, 0.6) is 5.75 Å². The highest BCUT2D eigenvalue weighted by atomic mass is 16.5. The van der Waals surface area contributed by atoms with Gasteiger partial charge in [-0.2, -0.15) is 0 Å². The van der Waals surface area contributed by atoms with Gasteiger partial charge in [-0.15, -0.1) is 0 Å². The predicted molar refractivity (Wildman–Crippen MR) is 93.5 cm³/mol. The van der Waals surface area contributed by atoms with E-state index in [4.69, 9.17) is 9.15 Å². The van der Waals surface area contributed by atoms with Crippen LogP contribution in [0.25, 0.3) is 11.0 Å². The minimum atomic E-state index is -0.993. The average molecular weight is 345 g/mol. The summed E-state index contributed by atoms with van der Waals surface area (Å²) in [6.45, 7) is 7.42. The van der Waals surface area contributed by atoms with Crippen molar-refractivity contribution in [1.29, 1.82) is 0 Å². The molecule has 0 saturated carbocycles. The summed E-state index contributed by atoms with van der Waals surface area (Å²) >= 11 is 0. The molecule has 1 aliphatic rings. The number of nitrogens with one attached hydrogen (secondary N) is 1. The number of hydrogen-bond donors (Lipinski definition) is 2. The predicted octanol–water partition coefficient (Wildman–Crippen LogP) is 2.53. The largest absolute Gasteiger partial charge is 0.485 e. The lowest BCUT2D eigenvalue weighted by molar-refractivity contribution is -0.126. The summed E-state index contributed by atoms with van der Waals surface area (Å²) in [5.74, 6) is 0.514. The zero-order valence-electron chi connectivity index (χ0n) is 14.8. The summed E-state index contributed by atoms with van der Waals surface area (Å²) in [7, 11) is 0. The van der Waals surface area contributed by atoms with Gasteiger partial charge < -0.3 is 19.6 Å². The maximum absolute atomic E-state index is 12.3. The summed E-state index contributed by atoms with van der Waals surface area (Å²) in [5.41, 5.74) is -0.563. The van der Waals surface area contributed by atoms with Gasteiger partial charge in [0, 0.05) is 17.9 Å². The number of benzene rings is 1. The molecule has 25 heavy (non-hydrogen) atoms. The highest BCUT2D eigenvalue weighted by molar-refractivity contribution is 5.84. The average Bonchev–Trinajstić information content (AvgIpc) is 2.50. The molecule has 0 aliphatic carbocycles. The lowest BCUT2D eigenvalue weighted by Gasteiger charge is -2.42. The smallest absolute Gasteiger partial charge is 0.336 e. The second-order valence-electron chi connectivity index (χ2n) is 7.44. The van der Waals surface area contributed by atoms with Gasteiger partial charge >= 0.3 is 5.63 Å². The molecule has 0 fully saturated rings. The van der Waals surface area contributed by atoms with Gasteiger partial charge in [0.2, 0.25) is 5.91 Å². The van der Waals surface area contributed by atoms with Crippen molar-refractivity contribution in [3.63, 3.8) is 0 Å². The molecule has 2 N–H and O–H groups in total. The maximum Gasteiger partial charge on any atom is 0.336 e. The molecular weight excluding hydrogens is 322 g/mol. The normalized spacial score (nSPS) is 21.7. The minimum absolute atomic E-state index is 0.169. The Morgan fingerprint density at radius 1 is 1.28 bits per heavy atom. The van der Waals surface area contributed by atoms with E-state index in [2.05, 4.69) is 5.32 Å². The Labute approximate surface area is 145 Å². The van der Waals surface area contributed by atoms with E-state index in [1.165, 1.54) is 6.07 Å². The van der Waals surface area contributed by atoms with Gasteiger partial charge in [-0.05, 0) is 38.0 Å². The summed E-state index contributed by atoms with van der Waals surface area (Å²) in [4.78, 5) is 24.0. The van der Waals surface area contributed by atoms with Gasteiger partial charge in [-0.25, -0.2) is 4.79 Å². The fraction of sp³-hybridized carbons (Fsp3) is 0.474. The highest BCUT2D eigenvalue weighted by Gasteiger charge is 2.45. The van der Waals surface area contributed by atoms with Gasteiger partial charge in [-0.1, -0.05) is 13.8 Å². The van der Waals surface area contributed by atoms with Crippen LogP contribution < -0.4 is 15.7 Å². The van der Waals surface area contributed by atoms with E-state index in [9.17, 15) is 14.7 Å². The first-order valence-corrected chi connectivity index (χ1v) is 8.42. The number of carbonyl (C=O) groups is 1. The topological polar surface area (TPSA) is 88.8 Å². The van der Waals surface area contributed by atoms with Crippen LogP contribution in [0.3, 0.4) is 0 Å². The summed E-state index contributed by atoms with van der Waals surface area (Å²) < 4.78 is 11.3. The third kappa shape index (κ3) is 3.26. The van der Waals surface area contributed by atoms with Crippen LogP contribution in [0.15, 0.2) is 33.5 Å². The SMILES string of the molecule is CC(C)CC(=O)N[C@H]1c2c(ccc3ccc(=O)oc23)OC(C)(C)[C@@H]1O. The van der Waals surface area contributed by atoms with Crippen molar-refractivity contribution in [1.82, 2.24) is 5.32 Å². The van der Waals surface area contributed by atoms with Gasteiger partial charge in [0.1, 0.15) is 23.0 Å². The number of ether oxygens (including phenoxy) is 1. The van der Waals surface area contributed by atoms with E-state index >= 15 is 0 Å². The molecule has 2 aromatic rings. The number of fused-ring (bicyclic) bond motifs is 3. The van der Waals surface area contributed by atoms with Gasteiger partial charge in [-0.3, -0.25) is 4.79 Å². The number of carbonyl (C=O) groups excluding carboxylic acids is 1. The molecule has 6 heteroatoms. The number of hydrogen-bond acceptors (Lipinski definition) is 5. The number of aliphatic hydroxyl groups excluding tert-OH is 1. The van der Waals surface area contributed by atoms with Crippen molar-refractivity contribution in [2.75, 3.05) is 0 Å². The Morgan fingerprint density at radius 2 is 1.96 bits per heavy atom. The van der Waals surface area contributed by atoms with Crippen LogP contribution in [0.2, 0.25) is 0 Å². The van der Waals surface area contributed by atoms with E-state index in [1.54, 1.807) is 32.0 Å². The molecule has 0 unspecified atom stereocenters. The molecule has 1 aromatic heterocycles. The van der Waals surface area contributed by atoms with E-state index < -0.39 is 23.4 Å². The molecule has 1 aliphatic heterocycles. The van der Waals surface area contributed by atoms with Crippen molar-refractivity contribution in [3.8, 4) is 5.75 Å². The van der Waals surface area contributed by atoms with E-state index in [0.29, 0.717) is 28.7 Å². The van der Waals surface area contributed by atoms with Crippen LogP contribution in [0.1, 0.15) is 45.7 Å². The molecule has 6 nitrogen and oxygen atoms in total. The van der Waals surface area contributed by atoms with Gasteiger partial charge in [0.15, 0.2) is 0 Å². The van der Waals surface area contributed by atoms with E-state index in [1.807, 2.05) is 13.8 Å². The summed E-state index contributed by atoms with van der Waals surface area (Å²) in [6, 6.07) is 5.83. The standard InChI is InChI=1S/C19H23NO5/c1-10(2)9-13(21)20-16-15-12(25-19(3,4)18(16)23)7-5-11-6-8-14(22)24-17(11)15/h5-8,10,16,18,23H,9H2,1-4H3,(H,20,21)/t16-,18+/m0/s1. The zero-order valence-corrected chi connectivity index (χ0v) is 14.8. The van der Waals surface area contributed by atoms with Crippen LogP contribution in [0, 0.1) is 5.92 Å². The third-order valence-corrected chi connectivity index (χ3v) is 4.41. The van der Waals surface area contributed by atoms with Crippen molar-refractivity contribution >= 4 is 16.9 Å². The van der Waals surface area contributed by atoms with Crippen molar-refractivity contribution in [2.24, 2.45) is 5.92 Å². The Bertz CT molecular complexity index is 868. The second kappa shape index (κ2) is 6.19. The fourth-order valence-corrected chi connectivity index (χ4v) is 3.18. The summed E-state index contributed by atoms with van der Waals surface area (Å²) in [5, 5.41) is 14.4. The maximum atomic E-state index is 12.3. The molecule has 1 aromatic carbocycles. The molecule has 3 rings (SSSR count). The minimum Gasteiger partial charge on any atom is -0.485 e. The van der Waals surface area contributed by atoms with Gasteiger partial charge in [0.25, 0.3) is 0 Å². The summed E-state index contributed by atoms with van der Waals surface area (Å²) in [6.07, 6.45) is -0.651. The van der Waals surface area contributed by atoms with Crippen molar-refractivity contribution < 1.29 is 19.1 Å². The lowest BCUT2D eigenvalue weighted by atomic mass is 9.85. The Kier molecular flexibility index (Phi) is 4.33. The molecule has 134 valence electrons. The van der Waals surface area contributed by atoms with Gasteiger partial charge in [0.05, 0.1) is 11.6 Å². The lowest BCUT2D eigenvalue weighted by Crippen LogP contribution is -2.53. The quantitative estimate of drug-likeness (QED) is 0.835.